The smallest absolute Gasteiger partial charge is 0.336 e. The van der Waals surface area contributed by atoms with Gasteiger partial charge in [0, 0.05) is 12.3 Å². The van der Waals surface area contributed by atoms with E-state index in [4.69, 9.17) is 4.74 Å². The number of methoxy groups -OCH3 is 1. The van der Waals surface area contributed by atoms with Gasteiger partial charge in [-0.05, 0) is 30.3 Å². The summed E-state index contributed by atoms with van der Waals surface area (Å²) < 4.78 is 6.65. The number of urea groups is 1. The van der Waals surface area contributed by atoms with Crippen molar-refractivity contribution in [3.8, 4) is 5.75 Å². The molecule has 30 heavy (non-hydrogen) atoms. The van der Waals surface area contributed by atoms with Gasteiger partial charge in [0.05, 0.1) is 24.0 Å². The Labute approximate surface area is 171 Å². The van der Waals surface area contributed by atoms with Gasteiger partial charge in [0.15, 0.2) is 0 Å². The molecule has 0 unspecified atom stereocenters. The van der Waals surface area contributed by atoms with Crippen molar-refractivity contribution in [1.82, 2.24) is 9.88 Å². The van der Waals surface area contributed by atoms with E-state index in [0.717, 1.165) is 10.3 Å². The summed E-state index contributed by atoms with van der Waals surface area (Å²) in [6.45, 7) is 1.39. The van der Waals surface area contributed by atoms with Crippen molar-refractivity contribution in [2.24, 2.45) is 0 Å². The topological polar surface area (TPSA) is 97.7 Å². The molecule has 2 aromatic carbocycles. The van der Waals surface area contributed by atoms with Gasteiger partial charge < -0.3 is 4.74 Å². The zero-order chi connectivity index (χ0) is 21.4. The third-order valence-electron chi connectivity index (χ3n) is 4.77. The molecule has 1 saturated heterocycles. The second kappa shape index (κ2) is 7.32. The minimum absolute atomic E-state index is 0.202. The fourth-order valence-corrected chi connectivity index (χ4v) is 3.47. The van der Waals surface area contributed by atoms with Gasteiger partial charge >= 0.3 is 6.03 Å². The van der Waals surface area contributed by atoms with Crippen LogP contribution in [0.2, 0.25) is 0 Å². The number of benzene rings is 2. The van der Waals surface area contributed by atoms with Crippen LogP contribution < -0.4 is 15.0 Å². The predicted molar refractivity (Wildman–Crippen MR) is 110 cm³/mol. The number of hydrogen-bond donors (Lipinski definition) is 1. The molecular weight excluding hydrogens is 386 g/mol. The van der Waals surface area contributed by atoms with Crippen LogP contribution in [0, 0.1) is 0 Å². The molecule has 1 fully saturated rings. The molecule has 2 heterocycles. The highest BCUT2D eigenvalue weighted by atomic mass is 16.5. The number of ether oxygens (including phenoxy) is 1. The fraction of sp³-hybridized carbons (Fsp3) is 0.0909. The molecule has 1 aliphatic rings. The van der Waals surface area contributed by atoms with E-state index in [0.29, 0.717) is 17.0 Å². The molecule has 0 radical (unpaired) electrons. The fourth-order valence-electron chi connectivity index (χ4n) is 3.47. The molecule has 0 saturated carbocycles. The van der Waals surface area contributed by atoms with Gasteiger partial charge in [-0.25, -0.2) is 9.69 Å². The highest BCUT2D eigenvalue weighted by Crippen LogP contribution is 2.31. The molecule has 8 heteroatoms. The summed E-state index contributed by atoms with van der Waals surface area (Å²) in [6, 6.07) is 14.5. The van der Waals surface area contributed by atoms with Crippen LogP contribution in [0.25, 0.3) is 17.0 Å². The Morgan fingerprint density at radius 3 is 2.47 bits per heavy atom. The summed E-state index contributed by atoms with van der Waals surface area (Å²) in [6.07, 6.45) is 1.31. The number of para-hydroxylation sites is 3. The highest BCUT2D eigenvalue weighted by Gasteiger charge is 2.38. The lowest BCUT2D eigenvalue weighted by Crippen LogP contribution is -2.54. The third kappa shape index (κ3) is 3.04. The van der Waals surface area contributed by atoms with E-state index >= 15 is 0 Å². The molecule has 0 atom stereocenters. The van der Waals surface area contributed by atoms with Crippen molar-refractivity contribution >= 4 is 46.4 Å². The summed E-state index contributed by atoms with van der Waals surface area (Å²) >= 11 is 0. The number of barbiturate groups is 1. The minimum atomic E-state index is -0.876. The van der Waals surface area contributed by atoms with Crippen LogP contribution in [-0.2, 0) is 9.59 Å². The van der Waals surface area contributed by atoms with Crippen LogP contribution in [0.5, 0.6) is 5.75 Å². The third-order valence-corrected chi connectivity index (χ3v) is 4.77. The van der Waals surface area contributed by atoms with Gasteiger partial charge in [-0.1, -0.05) is 30.3 Å². The quantitative estimate of drug-likeness (QED) is 0.536. The van der Waals surface area contributed by atoms with Crippen molar-refractivity contribution in [2.75, 3.05) is 12.0 Å². The van der Waals surface area contributed by atoms with E-state index in [2.05, 4.69) is 5.32 Å². The molecule has 4 amide bonds. The normalized spacial score (nSPS) is 15.6. The minimum Gasteiger partial charge on any atom is -0.495 e. The first kappa shape index (κ1) is 19.1. The molecule has 1 N–H and O–H groups in total. The molecule has 3 aromatic rings. The van der Waals surface area contributed by atoms with Crippen molar-refractivity contribution in [1.29, 1.82) is 0 Å². The molecule has 0 aliphatic carbocycles. The van der Waals surface area contributed by atoms with Crippen LogP contribution in [0.1, 0.15) is 17.4 Å². The number of carbonyl (C=O) groups is 4. The SMILES string of the molecule is COc1ccccc1N1C(=O)NC(=O)/C(=C\c2cc3ccccc3n2C(C)=O)C1=O. The average Bonchev–Trinajstić information content (AvgIpc) is 3.09. The Balaban J connectivity index is 1.86. The van der Waals surface area contributed by atoms with Gasteiger partial charge in [0.2, 0.25) is 5.91 Å². The Morgan fingerprint density at radius 2 is 1.73 bits per heavy atom. The van der Waals surface area contributed by atoms with Crippen molar-refractivity contribution in [3.05, 3.63) is 65.9 Å². The number of hydrogen-bond acceptors (Lipinski definition) is 5. The molecule has 0 spiro atoms. The lowest BCUT2D eigenvalue weighted by Gasteiger charge is -2.27. The Morgan fingerprint density at radius 1 is 1.03 bits per heavy atom. The van der Waals surface area contributed by atoms with E-state index in [9.17, 15) is 19.2 Å². The van der Waals surface area contributed by atoms with Gasteiger partial charge in [-0.15, -0.1) is 0 Å². The molecule has 1 aliphatic heterocycles. The maximum Gasteiger partial charge on any atom is 0.336 e. The number of anilines is 1. The highest BCUT2D eigenvalue weighted by molar-refractivity contribution is 6.39. The maximum atomic E-state index is 13.1. The van der Waals surface area contributed by atoms with Crippen molar-refractivity contribution in [2.45, 2.75) is 6.92 Å². The van der Waals surface area contributed by atoms with E-state index in [-0.39, 0.29) is 17.2 Å². The van der Waals surface area contributed by atoms with E-state index < -0.39 is 17.8 Å². The number of rotatable bonds is 3. The first-order valence-corrected chi connectivity index (χ1v) is 9.08. The number of nitrogens with zero attached hydrogens (tertiary/aromatic N) is 2. The Kier molecular flexibility index (Phi) is 4.67. The Bertz CT molecular complexity index is 1250. The molecule has 8 nitrogen and oxygen atoms in total. The summed E-state index contributed by atoms with van der Waals surface area (Å²) in [5, 5.41) is 2.95. The molecular formula is C22H17N3O5. The first-order valence-electron chi connectivity index (χ1n) is 9.08. The number of nitrogens with one attached hydrogen (secondary N) is 1. The molecule has 0 bridgehead atoms. The first-order chi connectivity index (χ1) is 14.4. The van der Waals surface area contributed by atoms with Crippen molar-refractivity contribution < 1.29 is 23.9 Å². The number of fused-ring (bicyclic) bond motifs is 1. The molecule has 4 rings (SSSR count). The van der Waals surface area contributed by atoms with Gasteiger partial charge in [-0.2, -0.15) is 0 Å². The molecule has 150 valence electrons. The van der Waals surface area contributed by atoms with Crippen LogP contribution in [0.3, 0.4) is 0 Å². The maximum absolute atomic E-state index is 13.1. The zero-order valence-corrected chi connectivity index (χ0v) is 16.2. The summed E-state index contributed by atoms with van der Waals surface area (Å²) in [5.74, 6) is -1.62. The second-order valence-corrected chi connectivity index (χ2v) is 6.61. The Hall–Kier alpha value is -4.20. The summed E-state index contributed by atoms with van der Waals surface area (Å²) in [4.78, 5) is 51.1. The second-order valence-electron chi connectivity index (χ2n) is 6.61. The average molecular weight is 403 g/mol. The van der Waals surface area contributed by atoms with Crippen LogP contribution in [-0.4, -0.2) is 35.4 Å². The van der Waals surface area contributed by atoms with Gasteiger partial charge in [0.25, 0.3) is 11.8 Å². The van der Waals surface area contributed by atoms with E-state index in [1.165, 1.54) is 30.7 Å². The number of imide groups is 2. The van der Waals surface area contributed by atoms with Gasteiger partial charge in [0.1, 0.15) is 11.3 Å². The van der Waals surface area contributed by atoms with Crippen LogP contribution in [0.4, 0.5) is 10.5 Å². The van der Waals surface area contributed by atoms with Gasteiger partial charge in [-0.3, -0.25) is 24.3 Å². The molecule has 1 aromatic heterocycles. The summed E-state index contributed by atoms with van der Waals surface area (Å²) in [7, 11) is 1.42. The largest absolute Gasteiger partial charge is 0.495 e. The van der Waals surface area contributed by atoms with Crippen LogP contribution >= 0.6 is 0 Å². The lowest BCUT2D eigenvalue weighted by atomic mass is 10.1. The van der Waals surface area contributed by atoms with Crippen LogP contribution in [0.15, 0.2) is 60.2 Å². The standard InChI is InChI=1S/C22H17N3O5/c1-13(26)24-15(11-14-7-3-4-8-17(14)24)12-16-20(27)23-22(29)25(21(16)28)18-9-5-6-10-19(18)30-2/h3-12H,1-2H3,(H,23,27,29)/b16-12+. The number of aromatic nitrogens is 1. The number of carbonyl (C=O) groups excluding carboxylic acids is 4. The predicted octanol–water partition coefficient (Wildman–Crippen LogP) is 2.98. The lowest BCUT2D eigenvalue weighted by molar-refractivity contribution is -0.122. The van der Waals surface area contributed by atoms with E-state index in [1.807, 2.05) is 12.1 Å². The monoisotopic (exact) mass is 403 g/mol. The summed E-state index contributed by atoms with van der Waals surface area (Å²) in [5.41, 5.74) is 0.938. The zero-order valence-electron chi connectivity index (χ0n) is 16.2. The number of amides is 4. The van der Waals surface area contributed by atoms with Crippen molar-refractivity contribution in [3.63, 3.8) is 0 Å². The van der Waals surface area contributed by atoms with E-state index in [1.54, 1.807) is 36.4 Å².